The molecule has 1 fully saturated rings. The van der Waals surface area contributed by atoms with Gasteiger partial charge in [0, 0.05) is 26.2 Å². The van der Waals surface area contributed by atoms with Crippen molar-refractivity contribution in [1.82, 2.24) is 14.9 Å². The Morgan fingerprint density at radius 1 is 1.28 bits per heavy atom. The van der Waals surface area contributed by atoms with Gasteiger partial charge in [-0.3, -0.25) is 0 Å². The molecule has 0 spiro atoms. The number of likely N-dealkylation sites (tertiary alicyclic amines) is 1. The van der Waals surface area contributed by atoms with Gasteiger partial charge in [0.2, 0.25) is 0 Å². The molecule has 7 nitrogen and oxygen atoms in total. The first-order valence-electron chi connectivity index (χ1n) is 8.47. The Morgan fingerprint density at radius 2 is 1.92 bits per heavy atom. The number of likely N-dealkylation sites (N-methyl/N-ethyl adjacent to an activating group) is 1. The van der Waals surface area contributed by atoms with Crippen LogP contribution in [0.15, 0.2) is 24.3 Å². The Bertz CT molecular complexity index is 787. The number of nitrogens with two attached hydrogens (primary N) is 1. The van der Waals surface area contributed by atoms with E-state index in [0.717, 1.165) is 17.5 Å². The van der Waals surface area contributed by atoms with Gasteiger partial charge in [-0.2, -0.15) is 0 Å². The van der Waals surface area contributed by atoms with Gasteiger partial charge < -0.3 is 20.3 Å². The minimum Gasteiger partial charge on any atom is -0.444 e. The van der Waals surface area contributed by atoms with E-state index in [0.29, 0.717) is 24.7 Å². The number of carbonyl (C=O) groups is 1. The quantitative estimate of drug-likeness (QED) is 0.902. The number of para-hydroxylation sites is 2. The van der Waals surface area contributed by atoms with Crippen molar-refractivity contribution in [3.05, 3.63) is 24.3 Å². The van der Waals surface area contributed by atoms with E-state index in [2.05, 4.69) is 9.97 Å². The fourth-order valence-electron chi connectivity index (χ4n) is 2.99. The maximum absolute atomic E-state index is 12.2. The molecule has 1 aliphatic heterocycles. The van der Waals surface area contributed by atoms with Gasteiger partial charge in [0.05, 0.1) is 11.0 Å². The lowest BCUT2D eigenvalue weighted by Crippen LogP contribution is -2.39. The van der Waals surface area contributed by atoms with Crippen molar-refractivity contribution in [2.45, 2.75) is 38.8 Å². The van der Waals surface area contributed by atoms with E-state index >= 15 is 0 Å². The lowest BCUT2D eigenvalue weighted by atomic mass is 10.2. The number of aromatic nitrogens is 2. The average Bonchev–Trinajstić information content (AvgIpc) is 3.02. The van der Waals surface area contributed by atoms with Gasteiger partial charge in [0.15, 0.2) is 11.6 Å². The van der Waals surface area contributed by atoms with Crippen molar-refractivity contribution < 1.29 is 9.53 Å². The molecule has 1 amide bonds. The van der Waals surface area contributed by atoms with Gasteiger partial charge >= 0.3 is 6.09 Å². The van der Waals surface area contributed by atoms with Crippen molar-refractivity contribution in [3.8, 4) is 0 Å². The van der Waals surface area contributed by atoms with E-state index in [1.807, 2.05) is 57.0 Å². The van der Waals surface area contributed by atoms with Crippen LogP contribution in [0.5, 0.6) is 0 Å². The normalized spacial score (nSPS) is 17.8. The number of fused-ring (bicyclic) bond motifs is 1. The number of hydrogen-bond donors (Lipinski definition) is 1. The van der Waals surface area contributed by atoms with Crippen molar-refractivity contribution in [2.75, 3.05) is 30.8 Å². The minimum atomic E-state index is -0.491. The molecular formula is C18H25N5O2. The first kappa shape index (κ1) is 17.3. The molecule has 1 atom stereocenters. The highest BCUT2D eigenvalue weighted by Crippen LogP contribution is 2.26. The summed E-state index contributed by atoms with van der Waals surface area (Å²) in [6, 6.07) is 7.78. The molecule has 1 saturated heterocycles. The molecule has 0 saturated carbocycles. The molecule has 0 bridgehead atoms. The Hall–Kier alpha value is -2.57. The average molecular weight is 343 g/mol. The standard InChI is InChI=1S/C18H25N5O2/c1-18(2,3)25-17(24)23-10-9-12(11-23)22(4)16-15(19)20-13-7-5-6-8-14(13)21-16/h5-8,12H,9-11H2,1-4H3,(H2,19,20)/t12-/m0/s1. The second-order valence-corrected chi connectivity index (χ2v) is 7.40. The number of hydrogen-bond acceptors (Lipinski definition) is 6. The zero-order valence-corrected chi connectivity index (χ0v) is 15.2. The van der Waals surface area contributed by atoms with Crippen LogP contribution in [0.25, 0.3) is 11.0 Å². The van der Waals surface area contributed by atoms with Gasteiger partial charge in [0.25, 0.3) is 0 Å². The summed E-state index contributed by atoms with van der Waals surface area (Å²) >= 11 is 0. The molecule has 1 aliphatic rings. The van der Waals surface area contributed by atoms with Crippen molar-refractivity contribution in [1.29, 1.82) is 0 Å². The second-order valence-electron chi connectivity index (χ2n) is 7.40. The molecule has 134 valence electrons. The number of benzene rings is 1. The molecule has 25 heavy (non-hydrogen) atoms. The predicted octanol–water partition coefficient (Wildman–Crippen LogP) is 2.66. The predicted molar refractivity (Wildman–Crippen MR) is 98.6 cm³/mol. The van der Waals surface area contributed by atoms with E-state index in [4.69, 9.17) is 10.5 Å². The summed E-state index contributed by atoms with van der Waals surface area (Å²) in [5, 5.41) is 0. The fraction of sp³-hybridized carbons (Fsp3) is 0.500. The van der Waals surface area contributed by atoms with Crippen LogP contribution in [-0.2, 0) is 4.74 Å². The van der Waals surface area contributed by atoms with Crippen LogP contribution in [0.1, 0.15) is 27.2 Å². The number of ether oxygens (including phenoxy) is 1. The Kier molecular flexibility index (Phi) is 4.41. The zero-order valence-electron chi connectivity index (χ0n) is 15.2. The molecule has 2 aromatic rings. The number of rotatable bonds is 2. The summed E-state index contributed by atoms with van der Waals surface area (Å²) in [6.07, 6.45) is 0.560. The van der Waals surface area contributed by atoms with Crippen molar-refractivity contribution in [2.24, 2.45) is 0 Å². The fourth-order valence-corrected chi connectivity index (χ4v) is 2.99. The highest BCUT2D eigenvalue weighted by atomic mass is 16.6. The Labute approximate surface area is 147 Å². The topological polar surface area (TPSA) is 84.6 Å². The van der Waals surface area contributed by atoms with Crippen LogP contribution < -0.4 is 10.6 Å². The molecule has 0 unspecified atom stereocenters. The molecule has 1 aromatic heterocycles. The molecule has 2 heterocycles. The van der Waals surface area contributed by atoms with Crippen LogP contribution in [0.2, 0.25) is 0 Å². The smallest absolute Gasteiger partial charge is 0.410 e. The summed E-state index contributed by atoms with van der Waals surface area (Å²) in [7, 11) is 1.94. The van der Waals surface area contributed by atoms with Gasteiger partial charge in [-0.25, -0.2) is 14.8 Å². The maximum Gasteiger partial charge on any atom is 0.410 e. The molecule has 2 N–H and O–H groups in total. The Morgan fingerprint density at radius 3 is 2.56 bits per heavy atom. The summed E-state index contributed by atoms with van der Waals surface area (Å²) < 4.78 is 5.45. The summed E-state index contributed by atoms with van der Waals surface area (Å²) in [5.74, 6) is 1.05. The highest BCUT2D eigenvalue weighted by Gasteiger charge is 2.32. The van der Waals surface area contributed by atoms with Crippen LogP contribution in [-0.4, -0.2) is 52.7 Å². The first-order chi connectivity index (χ1) is 11.7. The van der Waals surface area contributed by atoms with E-state index in [1.54, 1.807) is 4.90 Å². The lowest BCUT2D eigenvalue weighted by Gasteiger charge is -2.27. The number of nitrogens with zero attached hydrogens (tertiary/aromatic N) is 4. The summed E-state index contributed by atoms with van der Waals surface area (Å²) in [5.41, 5.74) is 7.20. The van der Waals surface area contributed by atoms with Gasteiger partial charge in [0.1, 0.15) is 5.60 Å². The number of amides is 1. The molecule has 0 aliphatic carbocycles. The lowest BCUT2D eigenvalue weighted by molar-refractivity contribution is 0.0292. The molecule has 1 aromatic carbocycles. The minimum absolute atomic E-state index is 0.130. The molecule has 3 rings (SSSR count). The van der Waals surface area contributed by atoms with E-state index in [-0.39, 0.29) is 12.1 Å². The van der Waals surface area contributed by atoms with Crippen molar-refractivity contribution in [3.63, 3.8) is 0 Å². The van der Waals surface area contributed by atoms with Crippen LogP contribution in [0.4, 0.5) is 16.4 Å². The zero-order chi connectivity index (χ0) is 18.2. The Balaban J connectivity index is 1.75. The highest BCUT2D eigenvalue weighted by molar-refractivity contribution is 5.79. The van der Waals surface area contributed by atoms with Crippen LogP contribution in [0, 0.1) is 0 Å². The van der Waals surface area contributed by atoms with E-state index < -0.39 is 5.60 Å². The van der Waals surface area contributed by atoms with Gasteiger partial charge in [-0.15, -0.1) is 0 Å². The molecular weight excluding hydrogens is 318 g/mol. The third-order valence-electron chi connectivity index (χ3n) is 4.27. The summed E-state index contributed by atoms with van der Waals surface area (Å²) in [4.78, 5) is 25.1. The maximum atomic E-state index is 12.2. The van der Waals surface area contributed by atoms with Gasteiger partial charge in [-0.1, -0.05) is 12.1 Å². The first-order valence-corrected chi connectivity index (χ1v) is 8.47. The third-order valence-corrected chi connectivity index (χ3v) is 4.27. The SMILES string of the molecule is CN(c1nc2ccccc2nc1N)[C@H]1CCN(C(=O)OC(C)(C)C)C1. The summed E-state index contributed by atoms with van der Waals surface area (Å²) in [6.45, 7) is 6.85. The number of nitrogen functional groups attached to an aromatic ring is 1. The third kappa shape index (κ3) is 3.75. The number of carbonyl (C=O) groups excluding carboxylic acids is 1. The van der Waals surface area contributed by atoms with Gasteiger partial charge in [-0.05, 0) is 39.3 Å². The molecule has 0 radical (unpaired) electrons. The second kappa shape index (κ2) is 6.38. The van der Waals surface area contributed by atoms with E-state index in [9.17, 15) is 4.79 Å². The molecule has 7 heteroatoms. The van der Waals surface area contributed by atoms with Crippen LogP contribution >= 0.6 is 0 Å². The number of anilines is 2. The van der Waals surface area contributed by atoms with Crippen LogP contribution in [0.3, 0.4) is 0 Å². The van der Waals surface area contributed by atoms with E-state index in [1.165, 1.54) is 0 Å². The van der Waals surface area contributed by atoms with Crippen molar-refractivity contribution >= 4 is 28.8 Å². The monoisotopic (exact) mass is 343 g/mol. The largest absolute Gasteiger partial charge is 0.444 e.